The van der Waals surface area contributed by atoms with Gasteiger partial charge in [-0.2, -0.15) is 0 Å². The average Bonchev–Trinajstić information content (AvgIpc) is 3.04. The van der Waals surface area contributed by atoms with Gasteiger partial charge in [-0.05, 0) is 31.5 Å². The van der Waals surface area contributed by atoms with Crippen molar-refractivity contribution >= 4 is 11.3 Å². The predicted molar refractivity (Wildman–Crippen MR) is 99.1 cm³/mol. The van der Waals surface area contributed by atoms with Crippen LogP contribution in [0.1, 0.15) is 27.5 Å². The zero-order valence-corrected chi connectivity index (χ0v) is 14.9. The van der Waals surface area contributed by atoms with Crippen LogP contribution >= 0.6 is 11.3 Å². The molecule has 1 aliphatic heterocycles. The molecule has 24 heavy (non-hydrogen) atoms. The molecule has 0 fully saturated rings. The summed E-state index contributed by atoms with van der Waals surface area (Å²) in [6.07, 6.45) is 3.02. The summed E-state index contributed by atoms with van der Waals surface area (Å²) in [5.41, 5.74) is 5.12. The van der Waals surface area contributed by atoms with Crippen molar-refractivity contribution in [1.82, 2.24) is 14.9 Å². The van der Waals surface area contributed by atoms with Crippen LogP contribution in [-0.2, 0) is 19.5 Å². The smallest absolute Gasteiger partial charge is 0.125 e. The van der Waals surface area contributed by atoms with E-state index in [0.717, 1.165) is 31.9 Å². The van der Waals surface area contributed by atoms with Gasteiger partial charge in [0.25, 0.3) is 0 Å². The van der Waals surface area contributed by atoms with Crippen LogP contribution in [0.15, 0.2) is 42.6 Å². The van der Waals surface area contributed by atoms with E-state index in [1.54, 1.807) is 0 Å². The van der Waals surface area contributed by atoms with Gasteiger partial charge in [0.2, 0.25) is 0 Å². The zero-order chi connectivity index (χ0) is 16.5. The molecular formula is C20H21N3S. The lowest BCUT2D eigenvalue weighted by molar-refractivity contribution is 0.245. The summed E-state index contributed by atoms with van der Waals surface area (Å²) < 4.78 is 0. The number of hydrogen-bond donors (Lipinski definition) is 0. The first-order valence-electron chi connectivity index (χ1n) is 8.37. The molecule has 0 saturated heterocycles. The second kappa shape index (κ2) is 6.46. The van der Waals surface area contributed by atoms with Crippen molar-refractivity contribution < 1.29 is 0 Å². The Morgan fingerprint density at radius 2 is 1.92 bits per heavy atom. The molecule has 3 heterocycles. The van der Waals surface area contributed by atoms with Crippen LogP contribution in [0, 0.1) is 13.8 Å². The van der Waals surface area contributed by atoms with Gasteiger partial charge >= 0.3 is 0 Å². The van der Waals surface area contributed by atoms with E-state index in [4.69, 9.17) is 0 Å². The lowest BCUT2D eigenvalue weighted by Gasteiger charge is -2.27. The standard InChI is InChI=1S/C20H21N3S/c1-14-3-5-16(6-4-14)20-8-7-18(24-20)13-23-10-9-19-17(12-23)11-21-15(2)22-19/h3-8,11H,9-10,12-13H2,1-2H3. The lowest BCUT2D eigenvalue weighted by atomic mass is 10.1. The molecule has 0 aliphatic carbocycles. The monoisotopic (exact) mass is 335 g/mol. The predicted octanol–water partition coefficient (Wildman–Crippen LogP) is 4.38. The second-order valence-electron chi connectivity index (χ2n) is 6.48. The minimum Gasteiger partial charge on any atom is -0.293 e. The number of benzene rings is 1. The summed E-state index contributed by atoms with van der Waals surface area (Å²) in [5.74, 6) is 0.878. The fraction of sp³-hybridized carbons (Fsp3) is 0.300. The van der Waals surface area contributed by atoms with Crippen molar-refractivity contribution in [3.8, 4) is 10.4 Å². The molecule has 0 amide bonds. The van der Waals surface area contributed by atoms with Gasteiger partial charge in [-0.1, -0.05) is 29.8 Å². The number of fused-ring (bicyclic) bond motifs is 1. The molecule has 0 saturated carbocycles. The molecule has 4 rings (SSSR count). The maximum absolute atomic E-state index is 4.57. The third-order valence-corrected chi connectivity index (χ3v) is 5.63. The Kier molecular flexibility index (Phi) is 4.17. The van der Waals surface area contributed by atoms with E-state index in [2.05, 4.69) is 58.2 Å². The second-order valence-corrected chi connectivity index (χ2v) is 7.65. The molecule has 3 nitrogen and oxygen atoms in total. The Bertz CT molecular complexity index is 852. The lowest BCUT2D eigenvalue weighted by Crippen LogP contribution is -2.30. The van der Waals surface area contributed by atoms with Gasteiger partial charge in [0, 0.05) is 53.3 Å². The Hall–Kier alpha value is -2.04. The van der Waals surface area contributed by atoms with Crippen molar-refractivity contribution in [3.05, 3.63) is 70.1 Å². The van der Waals surface area contributed by atoms with E-state index in [-0.39, 0.29) is 0 Å². The highest BCUT2D eigenvalue weighted by molar-refractivity contribution is 7.15. The first kappa shape index (κ1) is 15.5. The minimum atomic E-state index is 0.878. The van der Waals surface area contributed by atoms with Crippen LogP contribution < -0.4 is 0 Å². The normalized spacial score (nSPS) is 14.6. The molecule has 122 valence electrons. The topological polar surface area (TPSA) is 29.0 Å². The van der Waals surface area contributed by atoms with Crippen molar-refractivity contribution in [3.63, 3.8) is 0 Å². The van der Waals surface area contributed by atoms with Crippen molar-refractivity contribution in [2.75, 3.05) is 6.54 Å². The highest BCUT2D eigenvalue weighted by Gasteiger charge is 2.18. The summed E-state index contributed by atoms with van der Waals surface area (Å²) in [6, 6.07) is 13.3. The fourth-order valence-corrected chi connectivity index (χ4v) is 4.22. The highest BCUT2D eigenvalue weighted by Crippen LogP contribution is 2.30. The number of aryl methyl sites for hydroxylation is 2. The van der Waals surface area contributed by atoms with Gasteiger partial charge in [-0.15, -0.1) is 11.3 Å². The summed E-state index contributed by atoms with van der Waals surface area (Å²) in [5, 5.41) is 0. The third-order valence-electron chi connectivity index (χ3n) is 4.51. The molecule has 0 atom stereocenters. The van der Waals surface area contributed by atoms with Crippen molar-refractivity contribution in [2.45, 2.75) is 33.4 Å². The average molecular weight is 335 g/mol. The molecule has 2 aromatic heterocycles. The molecular weight excluding hydrogens is 314 g/mol. The van der Waals surface area contributed by atoms with E-state index in [1.807, 2.05) is 24.5 Å². The van der Waals surface area contributed by atoms with Gasteiger partial charge in [0.15, 0.2) is 0 Å². The Morgan fingerprint density at radius 1 is 1.08 bits per heavy atom. The van der Waals surface area contributed by atoms with E-state index >= 15 is 0 Å². The van der Waals surface area contributed by atoms with Gasteiger partial charge in [0.1, 0.15) is 5.82 Å². The third kappa shape index (κ3) is 3.25. The molecule has 0 N–H and O–H groups in total. The number of hydrogen-bond acceptors (Lipinski definition) is 4. The van der Waals surface area contributed by atoms with Crippen LogP contribution in [0.4, 0.5) is 0 Å². The van der Waals surface area contributed by atoms with Crippen LogP contribution in [0.5, 0.6) is 0 Å². The molecule has 3 aromatic rings. The molecule has 1 aromatic carbocycles. The molecule has 0 radical (unpaired) electrons. The summed E-state index contributed by atoms with van der Waals surface area (Å²) in [4.78, 5) is 14.2. The number of nitrogens with zero attached hydrogens (tertiary/aromatic N) is 3. The van der Waals surface area contributed by atoms with E-state index in [9.17, 15) is 0 Å². The first-order valence-corrected chi connectivity index (χ1v) is 9.18. The quantitative estimate of drug-likeness (QED) is 0.711. The summed E-state index contributed by atoms with van der Waals surface area (Å²) in [7, 11) is 0. The van der Waals surface area contributed by atoms with Crippen LogP contribution in [-0.4, -0.2) is 21.4 Å². The molecule has 0 bridgehead atoms. The van der Waals surface area contributed by atoms with Crippen LogP contribution in [0.3, 0.4) is 0 Å². The summed E-state index contributed by atoms with van der Waals surface area (Å²) in [6.45, 7) is 7.12. The Morgan fingerprint density at radius 3 is 2.75 bits per heavy atom. The molecule has 1 aliphatic rings. The maximum Gasteiger partial charge on any atom is 0.125 e. The first-order chi connectivity index (χ1) is 11.7. The van der Waals surface area contributed by atoms with Gasteiger partial charge in [0.05, 0.1) is 0 Å². The maximum atomic E-state index is 4.57. The Balaban J connectivity index is 1.47. The van der Waals surface area contributed by atoms with Gasteiger partial charge in [-0.3, -0.25) is 4.90 Å². The zero-order valence-electron chi connectivity index (χ0n) is 14.1. The van der Waals surface area contributed by atoms with Gasteiger partial charge in [-0.25, -0.2) is 9.97 Å². The van der Waals surface area contributed by atoms with Crippen molar-refractivity contribution in [2.24, 2.45) is 0 Å². The van der Waals surface area contributed by atoms with Gasteiger partial charge < -0.3 is 0 Å². The van der Waals surface area contributed by atoms with Crippen molar-refractivity contribution in [1.29, 1.82) is 0 Å². The number of thiophene rings is 1. The molecule has 0 unspecified atom stereocenters. The van der Waals surface area contributed by atoms with Crippen LogP contribution in [0.25, 0.3) is 10.4 Å². The summed E-state index contributed by atoms with van der Waals surface area (Å²) >= 11 is 1.90. The highest BCUT2D eigenvalue weighted by atomic mass is 32.1. The molecule has 0 spiro atoms. The Labute approximate surface area is 147 Å². The van der Waals surface area contributed by atoms with E-state index < -0.39 is 0 Å². The van der Waals surface area contributed by atoms with E-state index in [0.29, 0.717) is 0 Å². The largest absolute Gasteiger partial charge is 0.293 e. The molecule has 4 heteroatoms. The van der Waals surface area contributed by atoms with E-state index in [1.165, 1.54) is 32.1 Å². The minimum absolute atomic E-state index is 0.878. The fourth-order valence-electron chi connectivity index (χ4n) is 3.17. The number of rotatable bonds is 3. The number of aromatic nitrogens is 2. The van der Waals surface area contributed by atoms with Crippen LogP contribution in [0.2, 0.25) is 0 Å². The SMILES string of the molecule is Cc1ccc(-c2ccc(CN3CCc4nc(C)ncc4C3)s2)cc1.